The van der Waals surface area contributed by atoms with Crippen LogP contribution in [0.5, 0.6) is 5.75 Å². The van der Waals surface area contributed by atoms with Crippen molar-refractivity contribution < 1.29 is 9.53 Å². The maximum absolute atomic E-state index is 12.5. The van der Waals surface area contributed by atoms with Crippen molar-refractivity contribution in [1.29, 1.82) is 0 Å². The molecule has 0 saturated heterocycles. The van der Waals surface area contributed by atoms with Gasteiger partial charge in [-0.2, -0.15) is 0 Å². The smallest absolute Gasteiger partial charge is 0.234 e. The van der Waals surface area contributed by atoms with Crippen molar-refractivity contribution in [2.45, 2.75) is 37.9 Å². The Bertz CT molecular complexity index is 1030. The highest BCUT2D eigenvalue weighted by Gasteiger charge is 2.15. The molecule has 162 valence electrons. The Morgan fingerprint density at radius 3 is 2.71 bits per heavy atom. The summed E-state index contributed by atoms with van der Waals surface area (Å²) >= 11 is 1.35. The van der Waals surface area contributed by atoms with Gasteiger partial charge in [0.05, 0.1) is 12.9 Å². The van der Waals surface area contributed by atoms with E-state index in [1.165, 1.54) is 17.3 Å². The van der Waals surface area contributed by atoms with Gasteiger partial charge in [-0.15, -0.1) is 16.8 Å². The van der Waals surface area contributed by atoms with E-state index in [4.69, 9.17) is 4.74 Å². The van der Waals surface area contributed by atoms with E-state index >= 15 is 0 Å². The predicted octanol–water partition coefficient (Wildman–Crippen LogP) is 5.38. The third kappa shape index (κ3) is 5.76. The molecule has 0 radical (unpaired) electrons. The maximum Gasteiger partial charge on any atom is 0.234 e. The summed E-state index contributed by atoms with van der Waals surface area (Å²) in [5.41, 5.74) is 2.96. The fraction of sp³-hybridized carbons (Fsp3) is 0.292. The van der Waals surface area contributed by atoms with Crippen LogP contribution in [-0.4, -0.2) is 33.5 Å². The van der Waals surface area contributed by atoms with E-state index in [9.17, 15) is 4.79 Å². The largest absolute Gasteiger partial charge is 0.497 e. The molecule has 1 amide bonds. The molecule has 0 saturated carbocycles. The molecule has 0 spiro atoms. The zero-order valence-electron chi connectivity index (χ0n) is 18.2. The molecular formula is C24H28N4O2S. The molecule has 1 N–H and O–H groups in total. The molecule has 3 aromatic rings. The summed E-state index contributed by atoms with van der Waals surface area (Å²) in [5, 5.41) is 12.2. The van der Waals surface area contributed by atoms with Gasteiger partial charge < -0.3 is 10.1 Å². The van der Waals surface area contributed by atoms with E-state index in [1.807, 2.05) is 41.0 Å². The van der Waals surface area contributed by atoms with Crippen LogP contribution in [-0.2, 0) is 11.3 Å². The number of nitrogens with zero attached hydrogens (tertiary/aromatic N) is 3. The monoisotopic (exact) mass is 436 g/mol. The summed E-state index contributed by atoms with van der Waals surface area (Å²) in [5.74, 6) is 2.12. The zero-order valence-corrected chi connectivity index (χ0v) is 19.0. The number of hydrogen-bond donors (Lipinski definition) is 1. The first-order chi connectivity index (χ1) is 15.0. The summed E-state index contributed by atoms with van der Waals surface area (Å²) < 4.78 is 7.25. The minimum absolute atomic E-state index is 0.0858. The fourth-order valence-corrected chi connectivity index (χ4v) is 3.87. The third-order valence-electron chi connectivity index (χ3n) is 5.06. The average Bonchev–Trinajstić information content (AvgIpc) is 3.20. The lowest BCUT2D eigenvalue weighted by molar-refractivity contribution is -0.113. The number of allylic oxidation sites excluding steroid dienone is 1. The summed E-state index contributed by atoms with van der Waals surface area (Å²) in [6.07, 6.45) is 2.88. The highest BCUT2D eigenvalue weighted by molar-refractivity contribution is 7.99. The normalized spacial score (nSPS) is 11.7. The van der Waals surface area contributed by atoms with Crippen LogP contribution in [0.15, 0.2) is 66.3 Å². The Morgan fingerprint density at radius 1 is 1.26 bits per heavy atom. The minimum Gasteiger partial charge on any atom is -0.497 e. The summed E-state index contributed by atoms with van der Waals surface area (Å²) in [6.45, 7) is 8.74. The first-order valence-electron chi connectivity index (χ1n) is 10.3. The molecule has 7 heteroatoms. The van der Waals surface area contributed by atoms with Crippen LogP contribution in [0.3, 0.4) is 0 Å². The van der Waals surface area contributed by atoms with Crippen LogP contribution >= 0.6 is 11.8 Å². The van der Waals surface area contributed by atoms with Gasteiger partial charge in [-0.05, 0) is 42.2 Å². The summed E-state index contributed by atoms with van der Waals surface area (Å²) in [7, 11) is 1.63. The van der Waals surface area contributed by atoms with Gasteiger partial charge in [-0.25, -0.2) is 0 Å². The number of methoxy groups -OCH3 is 1. The lowest BCUT2D eigenvalue weighted by Gasteiger charge is -2.11. The van der Waals surface area contributed by atoms with Gasteiger partial charge in [-0.1, -0.05) is 56.0 Å². The predicted molar refractivity (Wildman–Crippen MR) is 127 cm³/mol. The average molecular weight is 437 g/mol. The van der Waals surface area contributed by atoms with Crippen LogP contribution in [0.4, 0.5) is 5.69 Å². The molecule has 0 fully saturated rings. The van der Waals surface area contributed by atoms with Crippen molar-refractivity contribution in [2.75, 3.05) is 18.2 Å². The number of benzene rings is 2. The third-order valence-corrected chi connectivity index (χ3v) is 6.03. The molecule has 2 aromatic carbocycles. The number of aromatic nitrogens is 3. The fourth-order valence-electron chi connectivity index (χ4n) is 3.12. The quantitative estimate of drug-likeness (QED) is 0.341. The van der Waals surface area contributed by atoms with Crippen molar-refractivity contribution in [3.05, 3.63) is 66.7 Å². The lowest BCUT2D eigenvalue weighted by atomic mass is 9.99. The second kappa shape index (κ2) is 10.8. The van der Waals surface area contributed by atoms with Gasteiger partial charge in [0.1, 0.15) is 5.75 Å². The van der Waals surface area contributed by atoms with Crippen molar-refractivity contribution in [3.8, 4) is 17.1 Å². The van der Waals surface area contributed by atoms with E-state index in [2.05, 4.69) is 48.1 Å². The molecule has 1 aromatic heterocycles. The number of amides is 1. The lowest BCUT2D eigenvalue weighted by Crippen LogP contribution is -2.14. The van der Waals surface area contributed by atoms with Crippen molar-refractivity contribution in [1.82, 2.24) is 14.8 Å². The number of carbonyl (C=O) groups excluding carboxylic acids is 1. The Kier molecular flexibility index (Phi) is 7.89. The molecule has 1 unspecified atom stereocenters. The molecule has 0 aliphatic carbocycles. The van der Waals surface area contributed by atoms with Crippen LogP contribution in [0.1, 0.15) is 31.7 Å². The number of thioether (sulfide) groups is 1. The number of ether oxygens (including phenoxy) is 1. The van der Waals surface area contributed by atoms with Gasteiger partial charge in [0.2, 0.25) is 5.91 Å². The SMILES string of the molecule is C=CCn1c(SCC(=O)Nc2ccc(C(C)CC)cc2)nnc1-c1cccc(OC)c1. The maximum atomic E-state index is 12.5. The Labute approximate surface area is 187 Å². The van der Waals surface area contributed by atoms with E-state index in [0.717, 1.165) is 23.4 Å². The molecule has 0 aliphatic rings. The van der Waals surface area contributed by atoms with Gasteiger partial charge in [0, 0.05) is 17.8 Å². The number of carbonyl (C=O) groups is 1. The number of anilines is 1. The van der Waals surface area contributed by atoms with E-state index in [1.54, 1.807) is 13.2 Å². The first-order valence-corrected chi connectivity index (χ1v) is 11.2. The molecule has 0 bridgehead atoms. The summed E-state index contributed by atoms with van der Waals surface area (Å²) in [6, 6.07) is 15.7. The van der Waals surface area contributed by atoms with Gasteiger partial charge in [0.25, 0.3) is 0 Å². The molecule has 6 nitrogen and oxygen atoms in total. The topological polar surface area (TPSA) is 69.0 Å². The second-order valence-corrected chi connectivity index (χ2v) is 8.15. The Balaban J connectivity index is 1.67. The van der Waals surface area contributed by atoms with E-state index < -0.39 is 0 Å². The molecule has 3 rings (SSSR count). The van der Waals surface area contributed by atoms with E-state index in [0.29, 0.717) is 23.4 Å². The van der Waals surface area contributed by atoms with Crippen LogP contribution in [0, 0.1) is 0 Å². The Hall–Kier alpha value is -3.06. The number of nitrogens with one attached hydrogen (secondary N) is 1. The number of hydrogen-bond acceptors (Lipinski definition) is 5. The van der Waals surface area contributed by atoms with Crippen LogP contribution < -0.4 is 10.1 Å². The highest BCUT2D eigenvalue weighted by atomic mass is 32.2. The van der Waals surface area contributed by atoms with Crippen molar-refractivity contribution in [3.63, 3.8) is 0 Å². The minimum atomic E-state index is -0.0858. The molecule has 31 heavy (non-hydrogen) atoms. The van der Waals surface area contributed by atoms with Gasteiger partial charge in [0.15, 0.2) is 11.0 Å². The molecule has 1 heterocycles. The first kappa shape index (κ1) is 22.6. The van der Waals surface area contributed by atoms with E-state index in [-0.39, 0.29) is 11.7 Å². The second-order valence-electron chi connectivity index (χ2n) is 7.21. The van der Waals surface area contributed by atoms with Crippen molar-refractivity contribution in [2.24, 2.45) is 0 Å². The van der Waals surface area contributed by atoms with Crippen LogP contribution in [0.2, 0.25) is 0 Å². The molecule has 0 aliphatic heterocycles. The molecular weight excluding hydrogens is 408 g/mol. The standard InChI is InChI=1S/C24H28N4O2S/c1-5-14-28-23(19-8-7-9-21(15-19)30-4)26-27-24(28)31-16-22(29)25-20-12-10-18(11-13-20)17(3)6-2/h5,7-13,15,17H,1,6,14,16H2,2-4H3,(H,25,29). The molecule has 1 atom stereocenters. The zero-order chi connectivity index (χ0) is 22.2. The highest BCUT2D eigenvalue weighted by Crippen LogP contribution is 2.27. The van der Waals surface area contributed by atoms with Gasteiger partial charge >= 0.3 is 0 Å². The van der Waals surface area contributed by atoms with Gasteiger partial charge in [-0.3, -0.25) is 9.36 Å². The van der Waals surface area contributed by atoms with Crippen LogP contribution in [0.25, 0.3) is 11.4 Å². The Morgan fingerprint density at radius 2 is 2.03 bits per heavy atom. The number of rotatable bonds is 10. The summed E-state index contributed by atoms with van der Waals surface area (Å²) in [4.78, 5) is 12.5. The van der Waals surface area contributed by atoms with Crippen molar-refractivity contribution >= 4 is 23.4 Å².